The number of carboxylic acid groups (broad SMARTS) is 1. The number of rotatable bonds is 6. The first-order chi connectivity index (χ1) is 11.7. The topological polar surface area (TPSA) is 83.9 Å². The summed E-state index contributed by atoms with van der Waals surface area (Å²) in [7, 11) is -2.76. The second kappa shape index (κ2) is 7.51. The Balaban J connectivity index is 2.60. The fourth-order valence-electron chi connectivity index (χ4n) is 2.26. The van der Waals surface area contributed by atoms with Crippen molar-refractivity contribution < 1.29 is 23.1 Å². The summed E-state index contributed by atoms with van der Waals surface area (Å²) in [6.07, 6.45) is 0. The number of carboxylic acids is 1. The number of ether oxygens (including phenoxy) is 1. The summed E-state index contributed by atoms with van der Waals surface area (Å²) in [5, 5.41) is 9.68. The third-order valence-electron chi connectivity index (χ3n) is 3.42. The monoisotopic (exact) mass is 403 g/mol. The van der Waals surface area contributed by atoms with Gasteiger partial charge in [-0.3, -0.25) is 9.10 Å². The van der Waals surface area contributed by atoms with Crippen molar-refractivity contribution >= 4 is 44.9 Å². The number of benzene rings is 2. The first-order valence-corrected chi connectivity index (χ1v) is 9.20. The van der Waals surface area contributed by atoms with Crippen molar-refractivity contribution in [2.45, 2.75) is 11.8 Å². The van der Waals surface area contributed by atoms with Crippen LogP contribution in [0.1, 0.15) is 5.56 Å². The lowest BCUT2D eigenvalue weighted by atomic mass is 10.2. The van der Waals surface area contributed by atoms with Crippen LogP contribution in [-0.4, -0.2) is 33.1 Å². The number of hydrogen-bond donors (Lipinski definition) is 1. The van der Waals surface area contributed by atoms with Crippen LogP contribution in [-0.2, 0) is 14.8 Å². The molecule has 0 spiro atoms. The van der Waals surface area contributed by atoms with E-state index in [1.807, 2.05) is 0 Å². The van der Waals surface area contributed by atoms with E-state index in [1.54, 1.807) is 13.0 Å². The average molecular weight is 404 g/mol. The Morgan fingerprint density at radius 2 is 1.88 bits per heavy atom. The minimum Gasteiger partial charge on any atom is -0.495 e. The van der Waals surface area contributed by atoms with E-state index in [4.69, 9.17) is 33.0 Å². The van der Waals surface area contributed by atoms with Gasteiger partial charge in [-0.25, -0.2) is 8.42 Å². The summed E-state index contributed by atoms with van der Waals surface area (Å²) in [6, 6.07) is 8.44. The van der Waals surface area contributed by atoms with Gasteiger partial charge in [0.25, 0.3) is 10.0 Å². The molecule has 1 N–H and O–H groups in total. The molecule has 0 saturated heterocycles. The molecule has 0 saturated carbocycles. The number of methoxy groups -OCH3 is 1. The van der Waals surface area contributed by atoms with Gasteiger partial charge in [0.15, 0.2) is 0 Å². The molecule has 0 aliphatic carbocycles. The largest absolute Gasteiger partial charge is 0.495 e. The zero-order valence-electron chi connectivity index (χ0n) is 13.4. The number of carbonyl (C=O) groups is 1. The Labute approximate surface area is 155 Å². The number of aliphatic carboxylic acids is 1. The molecule has 0 amide bonds. The van der Waals surface area contributed by atoms with E-state index >= 15 is 0 Å². The van der Waals surface area contributed by atoms with Crippen LogP contribution in [0.4, 0.5) is 5.69 Å². The van der Waals surface area contributed by atoms with Gasteiger partial charge in [-0.05, 0) is 48.9 Å². The van der Waals surface area contributed by atoms with Gasteiger partial charge < -0.3 is 9.84 Å². The molecule has 0 aliphatic rings. The fraction of sp³-hybridized carbons (Fsp3) is 0.188. The van der Waals surface area contributed by atoms with E-state index in [2.05, 4.69) is 0 Å². The molecule has 9 heteroatoms. The summed E-state index contributed by atoms with van der Waals surface area (Å²) in [5.74, 6) is -0.981. The molecule has 0 fully saturated rings. The van der Waals surface area contributed by atoms with Gasteiger partial charge in [0.1, 0.15) is 12.3 Å². The lowest BCUT2D eigenvalue weighted by Crippen LogP contribution is -2.36. The molecule has 0 radical (unpaired) electrons. The predicted molar refractivity (Wildman–Crippen MR) is 96.4 cm³/mol. The lowest BCUT2D eigenvalue weighted by molar-refractivity contribution is -0.135. The summed E-state index contributed by atoms with van der Waals surface area (Å²) in [6.45, 7) is 0.904. The van der Waals surface area contributed by atoms with E-state index in [0.29, 0.717) is 16.3 Å². The first kappa shape index (κ1) is 19.4. The molecule has 0 unspecified atom stereocenters. The van der Waals surface area contributed by atoms with Gasteiger partial charge >= 0.3 is 5.97 Å². The van der Waals surface area contributed by atoms with Gasteiger partial charge in [0.05, 0.1) is 22.7 Å². The van der Waals surface area contributed by atoms with Gasteiger partial charge in [-0.2, -0.15) is 0 Å². The van der Waals surface area contributed by atoms with Crippen molar-refractivity contribution in [3.8, 4) is 5.75 Å². The molecule has 2 rings (SSSR count). The Morgan fingerprint density at radius 1 is 1.20 bits per heavy atom. The molecule has 2 aromatic carbocycles. The third-order valence-corrected chi connectivity index (χ3v) is 5.70. The molecule has 0 aromatic heterocycles. The van der Waals surface area contributed by atoms with Crippen molar-refractivity contribution in [1.82, 2.24) is 0 Å². The smallest absolute Gasteiger partial charge is 0.324 e. The fourth-order valence-corrected chi connectivity index (χ4v) is 4.31. The van der Waals surface area contributed by atoms with Crippen molar-refractivity contribution in [2.24, 2.45) is 0 Å². The highest BCUT2D eigenvalue weighted by Crippen LogP contribution is 2.32. The molecule has 0 heterocycles. The molecule has 0 aliphatic heterocycles. The summed E-state index contributed by atoms with van der Waals surface area (Å²) in [5.41, 5.74) is 0.746. The highest BCUT2D eigenvalue weighted by atomic mass is 35.5. The number of anilines is 1. The average Bonchev–Trinajstić information content (AvgIpc) is 2.52. The second-order valence-corrected chi connectivity index (χ2v) is 7.84. The highest BCUT2D eigenvalue weighted by Gasteiger charge is 2.29. The van der Waals surface area contributed by atoms with Crippen molar-refractivity contribution in [1.29, 1.82) is 0 Å². The first-order valence-electron chi connectivity index (χ1n) is 7.01. The quantitative estimate of drug-likeness (QED) is 0.796. The zero-order chi connectivity index (χ0) is 18.8. The van der Waals surface area contributed by atoms with Crippen LogP contribution < -0.4 is 9.04 Å². The van der Waals surface area contributed by atoms with E-state index in [9.17, 15) is 13.2 Å². The van der Waals surface area contributed by atoms with Gasteiger partial charge in [0.2, 0.25) is 0 Å². The van der Waals surface area contributed by atoms with Crippen LogP contribution in [0.5, 0.6) is 5.75 Å². The predicted octanol–water partition coefficient (Wildman–Crippen LogP) is 3.59. The molecule has 6 nitrogen and oxygen atoms in total. The molecule has 2 aromatic rings. The third kappa shape index (κ3) is 4.18. The van der Waals surface area contributed by atoms with Crippen molar-refractivity contribution in [2.75, 3.05) is 18.0 Å². The van der Waals surface area contributed by atoms with E-state index < -0.39 is 22.5 Å². The minimum absolute atomic E-state index is 0.103. The van der Waals surface area contributed by atoms with Crippen LogP contribution in [0.3, 0.4) is 0 Å². The lowest BCUT2D eigenvalue weighted by Gasteiger charge is -2.24. The number of halogens is 2. The number of hydrogen-bond acceptors (Lipinski definition) is 4. The Hall–Kier alpha value is -1.96. The molecular formula is C16H15Cl2NO5S. The minimum atomic E-state index is -4.16. The van der Waals surface area contributed by atoms with Crippen molar-refractivity contribution in [3.05, 3.63) is 52.0 Å². The number of sulfonamides is 1. The maximum Gasteiger partial charge on any atom is 0.324 e. The van der Waals surface area contributed by atoms with E-state index in [-0.39, 0.29) is 15.6 Å². The van der Waals surface area contributed by atoms with E-state index in [0.717, 1.165) is 4.31 Å². The highest BCUT2D eigenvalue weighted by molar-refractivity contribution is 7.92. The maximum absolute atomic E-state index is 13.0. The standard InChI is InChI=1S/C16H15Cl2NO5S/c1-10-7-11(17)3-5-14(10)19(9-16(20)21)25(22,23)12-4-6-15(24-2)13(18)8-12/h3-8H,9H2,1-2H3,(H,20,21). The number of aryl methyl sites for hydroxylation is 1. The SMILES string of the molecule is COc1ccc(S(=O)(=O)N(CC(=O)O)c2ccc(Cl)cc2C)cc1Cl. The van der Waals surface area contributed by atoms with Gasteiger partial charge in [0, 0.05) is 5.02 Å². The zero-order valence-corrected chi connectivity index (χ0v) is 15.7. The maximum atomic E-state index is 13.0. The van der Waals surface area contributed by atoms with Crippen LogP contribution in [0, 0.1) is 6.92 Å². The van der Waals surface area contributed by atoms with Crippen molar-refractivity contribution in [3.63, 3.8) is 0 Å². The van der Waals surface area contributed by atoms with Crippen LogP contribution in [0.2, 0.25) is 10.0 Å². The summed E-state index contributed by atoms with van der Waals surface area (Å²) < 4.78 is 31.8. The Bertz CT molecular complexity index is 915. The summed E-state index contributed by atoms with van der Waals surface area (Å²) >= 11 is 11.9. The molecule has 0 atom stereocenters. The molecule has 134 valence electrons. The van der Waals surface area contributed by atoms with Crippen LogP contribution >= 0.6 is 23.2 Å². The molecule has 0 bridgehead atoms. The number of nitrogens with zero attached hydrogens (tertiary/aromatic N) is 1. The summed E-state index contributed by atoms with van der Waals surface area (Å²) in [4.78, 5) is 11.1. The van der Waals surface area contributed by atoms with E-state index in [1.165, 1.54) is 37.4 Å². The second-order valence-electron chi connectivity index (χ2n) is 5.13. The normalized spacial score (nSPS) is 11.2. The van der Waals surface area contributed by atoms with Crippen LogP contribution in [0.25, 0.3) is 0 Å². The van der Waals surface area contributed by atoms with Gasteiger partial charge in [-0.1, -0.05) is 23.2 Å². The molecule has 25 heavy (non-hydrogen) atoms. The Morgan fingerprint density at radius 3 is 2.40 bits per heavy atom. The Kier molecular flexibility index (Phi) is 5.82. The van der Waals surface area contributed by atoms with Crippen LogP contribution in [0.15, 0.2) is 41.3 Å². The van der Waals surface area contributed by atoms with Gasteiger partial charge in [-0.15, -0.1) is 0 Å². The molecular weight excluding hydrogens is 389 g/mol.